The first-order valence-corrected chi connectivity index (χ1v) is 3.75. The predicted octanol–water partition coefficient (Wildman–Crippen LogP) is 1.16. The maximum absolute atomic E-state index is 11.1. The number of aliphatic carboxylic acids is 1. The topological polar surface area (TPSA) is 54.4 Å². The molecule has 1 atom stereocenters. The highest BCUT2D eigenvalue weighted by molar-refractivity contribution is 6.07. The van der Waals surface area contributed by atoms with E-state index in [4.69, 9.17) is 5.11 Å². The number of hydrogen-bond donors (Lipinski definition) is 1. The Morgan fingerprint density at radius 2 is 2.17 bits per heavy atom. The first kappa shape index (κ1) is 8.71. The third-order valence-corrected chi connectivity index (χ3v) is 1.72. The van der Waals surface area contributed by atoms with Crippen LogP contribution < -0.4 is 0 Å². The monoisotopic (exact) mass is 166 g/mol. The SMILES string of the molecule is CC1C=C(C(=O)C=CC(=O)O)C1. The molecule has 1 rings (SSSR count). The highest BCUT2D eigenvalue weighted by Crippen LogP contribution is 2.25. The lowest BCUT2D eigenvalue weighted by molar-refractivity contribution is -0.131. The zero-order chi connectivity index (χ0) is 9.14. The number of carboxylic acid groups (broad SMARTS) is 1. The fourth-order valence-corrected chi connectivity index (χ4v) is 1.09. The van der Waals surface area contributed by atoms with Crippen molar-refractivity contribution in [3.8, 4) is 0 Å². The maximum atomic E-state index is 11.1. The first-order chi connectivity index (χ1) is 5.59. The van der Waals surface area contributed by atoms with Gasteiger partial charge in [0.2, 0.25) is 0 Å². The van der Waals surface area contributed by atoms with Crippen LogP contribution in [0.5, 0.6) is 0 Å². The second-order valence-corrected chi connectivity index (χ2v) is 2.91. The standard InChI is InChI=1S/C9H10O3/c1-6-4-7(5-6)8(10)2-3-9(11)12/h2-4,6H,5H2,1H3,(H,11,12). The van der Waals surface area contributed by atoms with E-state index in [1.807, 2.05) is 13.0 Å². The second kappa shape index (κ2) is 3.34. The second-order valence-electron chi connectivity index (χ2n) is 2.91. The van der Waals surface area contributed by atoms with Gasteiger partial charge in [-0.1, -0.05) is 13.0 Å². The molecule has 1 unspecified atom stereocenters. The summed E-state index contributed by atoms with van der Waals surface area (Å²) in [6.45, 7) is 2.01. The van der Waals surface area contributed by atoms with Gasteiger partial charge in [-0.05, 0) is 24.0 Å². The molecule has 1 N–H and O–H groups in total. The smallest absolute Gasteiger partial charge is 0.328 e. The fraction of sp³-hybridized carbons (Fsp3) is 0.333. The van der Waals surface area contributed by atoms with Crippen LogP contribution in [0, 0.1) is 5.92 Å². The molecular formula is C9H10O3. The van der Waals surface area contributed by atoms with E-state index in [1.54, 1.807) is 0 Å². The zero-order valence-corrected chi connectivity index (χ0v) is 6.78. The largest absolute Gasteiger partial charge is 0.478 e. The van der Waals surface area contributed by atoms with Crippen LogP contribution in [-0.2, 0) is 9.59 Å². The molecule has 0 heterocycles. The Labute approximate surface area is 70.4 Å². The van der Waals surface area contributed by atoms with Gasteiger partial charge in [0.25, 0.3) is 0 Å². The van der Waals surface area contributed by atoms with Gasteiger partial charge in [-0.2, -0.15) is 0 Å². The molecule has 0 saturated heterocycles. The lowest BCUT2D eigenvalue weighted by Gasteiger charge is -2.18. The Hall–Kier alpha value is -1.38. The van der Waals surface area contributed by atoms with Crippen LogP contribution in [0.15, 0.2) is 23.8 Å². The van der Waals surface area contributed by atoms with Crippen molar-refractivity contribution in [2.75, 3.05) is 0 Å². The molecule has 1 aliphatic rings. The Bertz CT molecular complexity index is 273. The van der Waals surface area contributed by atoms with Gasteiger partial charge in [0, 0.05) is 6.08 Å². The number of carboxylic acids is 1. The van der Waals surface area contributed by atoms with Gasteiger partial charge in [-0.25, -0.2) is 4.79 Å². The quantitative estimate of drug-likeness (QED) is 0.640. The lowest BCUT2D eigenvalue weighted by Crippen LogP contribution is -2.13. The number of carbonyl (C=O) groups is 2. The van der Waals surface area contributed by atoms with Crippen LogP contribution in [-0.4, -0.2) is 16.9 Å². The summed E-state index contributed by atoms with van der Waals surface area (Å²) in [5, 5.41) is 8.23. The van der Waals surface area contributed by atoms with Gasteiger partial charge in [0.15, 0.2) is 5.78 Å². The number of allylic oxidation sites excluding steroid dienone is 3. The molecule has 0 amide bonds. The van der Waals surface area contributed by atoms with Crippen LogP contribution in [0.1, 0.15) is 13.3 Å². The Kier molecular flexibility index (Phi) is 2.43. The molecule has 3 heteroatoms. The van der Waals surface area contributed by atoms with Crippen LogP contribution in [0.2, 0.25) is 0 Å². The molecule has 0 aromatic heterocycles. The van der Waals surface area contributed by atoms with E-state index in [2.05, 4.69) is 0 Å². The van der Waals surface area contributed by atoms with Crippen molar-refractivity contribution in [1.29, 1.82) is 0 Å². The summed E-state index contributed by atoms with van der Waals surface area (Å²) in [7, 11) is 0. The number of carbonyl (C=O) groups excluding carboxylic acids is 1. The summed E-state index contributed by atoms with van der Waals surface area (Å²) in [6, 6.07) is 0. The number of rotatable bonds is 3. The normalized spacial score (nSPS) is 21.8. The lowest BCUT2D eigenvalue weighted by atomic mass is 9.85. The van der Waals surface area contributed by atoms with Crippen molar-refractivity contribution in [3.63, 3.8) is 0 Å². The highest BCUT2D eigenvalue weighted by Gasteiger charge is 2.18. The van der Waals surface area contributed by atoms with Crippen molar-refractivity contribution in [2.45, 2.75) is 13.3 Å². The minimum Gasteiger partial charge on any atom is -0.478 e. The summed E-state index contributed by atoms with van der Waals surface area (Å²) in [5.41, 5.74) is 0.722. The molecule has 0 saturated carbocycles. The Balaban J connectivity index is 2.51. The molecule has 3 nitrogen and oxygen atoms in total. The van der Waals surface area contributed by atoms with E-state index in [-0.39, 0.29) is 5.78 Å². The molecule has 0 aromatic carbocycles. The summed E-state index contributed by atoms with van der Waals surface area (Å²) in [5.74, 6) is -0.811. The van der Waals surface area contributed by atoms with E-state index in [0.717, 1.165) is 24.1 Å². The van der Waals surface area contributed by atoms with E-state index >= 15 is 0 Å². The van der Waals surface area contributed by atoms with Gasteiger partial charge in [-0.3, -0.25) is 4.79 Å². The molecular weight excluding hydrogens is 156 g/mol. The van der Waals surface area contributed by atoms with Crippen molar-refractivity contribution >= 4 is 11.8 Å². The van der Waals surface area contributed by atoms with Crippen LogP contribution >= 0.6 is 0 Å². The average molecular weight is 166 g/mol. The van der Waals surface area contributed by atoms with Gasteiger partial charge in [-0.15, -0.1) is 0 Å². The molecule has 0 fully saturated rings. The molecule has 0 bridgehead atoms. The van der Waals surface area contributed by atoms with Gasteiger partial charge < -0.3 is 5.11 Å². The molecule has 12 heavy (non-hydrogen) atoms. The molecule has 0 spiro atoms. The average Bonchev–Trinajstić information content (AvgIpc) is 1.94. The van der Waals surface area contributed by atoms with Crippen LogP contribution in [0.25, 0.3) is 0 Å². The van der Waals surface area contributed by atoms with Crippen LogP contribution in [0.3, 0.4) is 0 Å². The molecule has 1 aliphatic carbocycles. The molecule has 64 valence electrons. The van der Waals surface area contributed by atoms with Crippen molar-refractivity contribution in [3.05, 3.63) is 23.8 Å². The Morgan fingerprint density at radius 1 is 1.58 bits per heavy atom. The van der Waals surface area contributed by atoms with E-state index < -0.39 is 5.97 Å². The van der Waals surface area contributed by atoms with E-state index in [9.17, 15) is 9.59 Å². The number of ketones is 1. The van der Waals surface area contributed by atoms with Crippen LogP contribution in [0.4, 0.5) is 0 Å². The minimum absolute atomic E-state index is 0.185. The summed E-state index contributed by atoms with van der Waals surface area (Å²) >= 11 is 0. The van der Waals surface area contributed by atoms with Gasteiger partial charge >= 0.3 is 5.97 Å². The zero-order valence-electron chi connectivity index (χ0n) is 6.78. The van der Waals surface area contributed by atoms with E-state index in [1.165, 1.54) is 0 Å². The maximum Gasteiger partial charge on any atom is 0.328 e. The van der Waals surface area contributed by atoms with Crippen molar-refractivity contribution in [1.82, 2.24) is 0 Å². The van der Waals surface area contributed by atoms with Crippen molar-refractivity contribution < 1.29 is 14.7 Å². The van der Waals surface area contributed by atoms with Crippen molar-refractivity contribution in [2.24, 2.45) is 5.92 Å². The first-order valence-electron chi connectivity index (χ1n) is 3.75. The van der Waals surface area contributed by atoms with E-state index in [0.29, 0.717) is 5.92 Å². The summed E-state index contributed by atoms with van der Waals surface area (Å²) < 4.78 is 0. The minimum atomic E-state index is -1.09. The summed E-state index contributed by atoms with van der Waals surface area (Å²) in [4.78, 5) is 21.1. The third kappa shape index (κ3) is 2.05. The highest BCUT2D eigenvalue weighted by atomic mass is 16.4. The third-order valence-electron chi connectivity index (χ3n) is 1.72. The van der Waals surface area contributed by atoms with Gasteiger partial charge in [0.1, 0.15) is 0 Å². The number of hydrogen-bond acceptors (Lipinski definition) is 2. The van der Waals surface area contributed by atoms with Gasteiger partial charge in [0.05, 0.1) is 0 Å². The Morgan fingerprint density at radius 3 is 2.58 bits per heavy atom. The summed E-state index contributed by atoms with van der Waals surface area (Å²) in [6.07, 6.45) is 4.59. The predicted molar refractivity (Wildman–Crippen MR) is 43.6 cm³/mol. The molecule has 0 radical (unpaired) electrons. The molecule has 0 aliphatic heterocycles. The molecule has 0 aromatic rings. The fourth-order valence-electron chi connectivity index (χ4n) is 1.09.